The van der Waals surface area contributed by atoms with Crippen molar-refractivity contribution in [3.8, 4) is 0 Å². The lowest BCUT2D eigenvalue weighted by molar-refractivity contribution is 0.0536. The van der Waals surface area contributed by atoms with Crippen LogP contribution in [0.2, 0.25) is 0 Å². The molecular weight excluding hydrogens is 476 g/mol. The van der Waals surface area contributed by atoms with Gasteiger partial charge in [0.25, 0.3) is 6.43 Å². The summed E-state index contributed by atoms with van der Waals surface area (Å²) in [7, 11) is 0. The molecule has 0 bridgehead atoms. The normalized spacial score (nSPS) is 23.0. The van der Waals surface area contributed by atoms with E-state index in [1.165, 1.54) is 24.1 Å². The maximum Gasteiger partial charge on any atom is 0.254 e. The van der Waals surface area contributed by atoms with Crippen molar-refractivity contribution in [2.45, 2.75) is 55.5 Å². The highest BCUT2D eigenvalue weighted by atomic mass is 32.2. The van der Waals surface area contributed by atoms with Crippen molar-refractivity contribution < 1.29 is 17.6 Å². The average Bonchev–Trinajstić information content (AvgIpc) is 3.43. The number of halogens is 4. The Kier molecular flexibility index (Phi) is 7.18. The Balaban J connectivity index is 1.44. The number of rotatable bonds is 6. The maximum absolute atomic E-state index is 15.6. The summed E-state index contributed by atoms with van der Waals surface area (Å²) in [6.07, 6.45) is 4.57. The van der Waals surface area contributed by atoms with Crippen LogP contribution in [0.5, 0.6) is 0 Å². The summed E-state index contributed by atoms with van der Waals surface area (Å²) < 4.78 is 62.2. The molecule has 0 unspecified atom stereocenters. The SMILES string of the molecule is Fc1cc(C2(n3ccnc3)CCNCC2)c(F)cc1CN1S[C@@H](c2ccccc2)CC[C@@H]1C(F)F. The van der Waals surface area contributed by atoms with E-state index < -0.39 is 29.6 Å². The van der Waals surface area contributed by atoms with Gasteiger partial charge in [-0.05, 0) is 56.5 Å². The zero-order valence-electron chi connectivity index (χ0n) is 19.2. The predicted molar refractivity (Wildman–Crippen MR) is 129 cm³/mol. The van der Waals surface area contributed by atoms with Gasteiger partial charge in [0.15, 0.2) is 0 Å². The van der Waals surface area contributed by atoms with Crippen LogP contribution in [-0.2, 0) is 12.1 Å². The first-order chi connectivity index (χ1) is 17.0. The van der Waals surface area contributed by atoms with Crippen molar-refractivity contribution >= 4 is 11.9 Å². The lowest BCUT2D eigenvalue weighted by Crippen LogP contribution is -2.45. The molecule has 0 saturated carbocycles. The van der Waals surface area contributed by atoms with Gasteiger partial charge in [0.05, 0.1) is 17.9 Å². The second-order valence-electron chi connectivity index (χ2n) is 9.23. The summed E-state index contributed by atoms with van der Waals surface area (Å²) in [5.41, 5.74) is 0.671. The molecule has 35 heavy (non-hydrogen) atoms. The van der Waals surface area contributed by atoms with Crippen molar-refractivity contribution in [2.24, 2.45) is 0 Å². The molecule has 3 aromatic rings. The summed E-state index contributed by atoms with van der Waals surface area (Å²) in [4.78, 5) is 4.12. The average molecular weight is 505 g/mol. The highest BCUT2D eigenvalue weighted by molar-refractivity contribution is 7.97. The number of piperidine rings is 1. The first-order valence-corrected chi connectivity index (χ1v) is 12.8. The summed E-state index contributed by atoms with van der Waals surface area (Å²) >= 11 is 1.30. The fourth-order valence-corrected chi connectivity index (χ4v) is 6.73. The molecule has 2 aromatic carbocycles. The number of aromatic nitrogens is 2. The second-order valence-corrected chi connectivity index (χ2v) is 10.5. The number of nitrogens with zero attached hydrogens (tertiary/aromatic N) is 3. The van der Waals surface area contributed by atoms with E-state index in [-0.39, 0.29) is 22.9 Å². The number of nitrogens with one attached hydrogen (secondary N) is 1. The molecule has 2 aliphatic heterocycles. The van der Waals surface area contributed by atoms with E-state index in [1.54, 1.807) is 23.0 Å². The van der Waals surface area contributed by atoms with Crippen LogP contribution in [0, 0.1) is 11.6 Å². The molecule has 0 aliphatic carbocycles. The predicted octanol–water partition coefficient (Wildman–Crippen LogP) is 5.91. The zero-order valence-corrected chi connectivity index (χ0v) is 20.0. The third-order valence-electron chi connectivity index (χ3n) is 7.21. The summed E-state index contributed by atoms with van der Waals surface area (Å²) in [6.45, 7) is 1.25. The highest BCUT2D eigenvalue weighted by Crippen LogP contribution is 2.45. The second kappa shape index (κ2) is 10.3. The van der Waals surface area contributed by atoms with Crippen LogP contribution in [0.1, 0.15) is 47.6 Å². The monoisotopic (exact) mass is 504 g/mol. The molecule has 0 radical (unpaired) electrons. The molecule has 0 spiro atoms. The van der Waals surface area contributed by atoms with Gasteiger partial charge in [-0.3, -0.25) is 0 Å². The van der Waals surface area contributed by atoms with E-state index in [9.17, 15) is 8.78 Å². The van der Waals surface area contributed by atoms with Crippen LogP contribution in [0.3, 0.4) is 0 Å². The van der Waals surface area contributed by atoms with Gasteiger partial charge in [-0.15, -0.1) is 0 Å². The van der Waals surface area contributed by atoms with Gasteiger partial charge >= 0.3 is 0 Å². The smallest absolute Gasteiger partial charge is 0.254 e. The molecule has 4 nitrogen and oxygen atoms in total. The molecule has 2 fully saturated rings. The van der Waals surface area contributed by atoms with Crippen LogP contribution in [-0.4, -0.2) is 39.4 Å². The van der Waals surface area contributed by atoms with Gasteiger partial charge in [0, 0.05) is 35.3 Å². The summed E-state index contributed by atoms with van der Waals surface area (Å²) in [5, 5.41) is 3.27. The third-order valence-corrected chi connectivity index (χ3v) is 8.65. The van der Waals surface area contributed by atoms with Crippen LogP contribution in [0.4, 0.5) is 17.6 Å². The summed E-state index contributed by atoms with van der Waals surface area (Å²) in [5.74, 6) is -1.10. The molecule has 5 rings (SSSR count). The Morgan fingerprint density at radius 3 is 2.51 bits per heavy atom. The van der Waals surface area contributed by atoms with E-state index in [4.69, 9.17) is 0 Å². The van der Waals surface area contributed by atoms with Gasteiger partial charge in [0.1, 0.15) is 11.6 Å². The highest BCUT2D eigenvalue weighted by Gasteiger charge is 2.39. The molecule has 3 heterocycles. The van der Waals surface area contributed by atoms with Crippen molar-refractivity contribution in [2.75, 3.05) is 13.1 Å². The van der Waals surface area contributed by atoms with Crippen molar-refractivity contribution in [3.63, 3.8) is 0 Å². The Labute approximate surface area is 206 Å². The van der Waals surface area contributed by atoms with E-state index >= 15 is 8.78 Å². The quantitative estimate of drug-likeness (QED) is 0.334. The van der Waals surface area contributed by atoms with Gasteiger partial charge < -0.3 is 9.88 Å². The largest absolute Gasteiger partial charge is 0.327 e. The molecule has 1 N–H and O–H groups in total. The Morgan fingerprint density at radius 1 is 1.06 bits per heavy atom. The zero-order chi connectivity index (χ0) is 24.4. The van der Waals surface area contributed by atoms with Crippen LogP contribution < -0.4 is 5.32 Å². The van der Waals surface area contributed by atoms with Gasteiger partial charge in [0.2, 0.25) is 0 Å². The number of hydrogen-bond acceptors (Lipinski definition) is 4. The minimum absolute atomic E-state index is 0.00219. The third kappa shape index (κ3) is 4.86. The fraction of sp³-hybridized carbons (Fsp3) is 0.423. The standard InChI is InChI=1S/C26H28F4N4S/c27-21-15-20(26(8-10-31-11-9-26)33-13-12-32-17-33)22(28)14-19(21)16-34-23(25(29)30)6-7-24(35-34)18-4-2-1-3-5-18/h1-5,12-15,17,23-25,31H,6-11,16H2/t23-,24-/m1/s1. The number of benzene rings is 2. The van der Waals surface area contributed by atoms with E-state index in [1.807, 2.05) is 34.9 Å². The Bertz CT molecular complexity index is 1120. The van der Waals surface area contributed by atoms with Crippen LogP contribution >= 0.6 is 11.9 Å². The first kappa shape index (κ1) is 24.3. The fourth-order valence-electron chi connectivity index (χ4n) is 5.31. The molecular formula is C26H28F4N4S. The first-order valence-electron chi connectivity index (χ1n) is 11.9. The number of alkyl halides is 2. The van der Waals surface area contributed by atoms with Crippen molar-refractivity contribution in [1.82, 2.24) is 19.2 Å². The molecule has 2 atom stereocenters. The minimum Gasteiger partial charge on any atom is -0.327 e. The maximum atomic E-state index is 15.6. The molecule has 9 heteroatoms. The Morgan fingerprint density at radius 2 is 1.83 bits per heavy atom. The minimum atomic E-state index is -2.56. The molecule has 1 aromatic heterocycles. The van der Waals surface area contributed by atoms with Gasteiger partial charge in [-0.25, -0.2) is 26.9 Å². The molecule has 0 amide bonds. The van der Waals surface area contributed by atoms with Gasteiger partial charge in [-0.1, -0.05) is 42.3 Å². The van der Waals surface area contributed by atoms with E-state index in [2.05, 4.69) is 10.3 Å². The molecule has 2 saturated heterocycles. The lowest BCUT2D eigenvalue weighted by atomic mass is 9.80. The van der Waals surface area contributed by atoms with Crippen molar-refractivity contribution in [1.29, 1.82) is 0 Å². The Hall–Kier alpha value is -2.36. The van der Waals surface area contributed by atoms with Crippen molar-refractivity contribution in [3.05, 3.63) is 89.5 Å². The van der Waals surface area contributed by atoms with Gasteiger partial charge in [-0.2, -0.15) is 0 Å². The lowest BCUT2D eigenvalue weighted by Gasteiger charge is -2.40. The van der Waals surface area contributed by atoms with E-state index in [0.29, 0.717) is 38.8 Å². The number of imidazole rings is 1. The molecule has 186 valence electrons. The number of hydrogen-bond donors (Lipinski definition) is 1. The van der Waals surface area contributed by atoms with Crippen LogP contribution in [0.15, 0.2) is 61.2 Å². The molecule has 2 aliphatic rings. The topological polar surface area (TPSA) is 33.1 Å². The van der Waals surface area contributed by atoms with Crippen LogP contribution in [0.25, 0.3) is 0 Å². The van der Waals surface area contributed by atoms with E-state index in [0.717, 1.165) is 5.56 Å². The summed E-state index contributed by atoms with van der Waals surface area (Å²) in [6, 6.07) is 11.1.